The van der Waals surface area contributed by atoms with Crippen LogP contribution >= 0.6 is 0 Å². The van der Waals surface area contributed by atoms with Gasteiger partial charge in [-0.3, -0.25) is 4.79 Å². The fraction of sp³-hybridized carbons (Fsp3) is 0.316. The molecule has 5 nitrogen and oxygen atoms in total. The third-order valence-electron chi connectivity index (χ3n) is 4.42. The van der Waals surface area contributed by atoms with E-state index in [2.05, 4.69) is 10.1 Å². The van der Waals surface area contributed by atoms with Crippen molar-refractivity contribution >= 4 is 11.6 Å². The Morgan fingerprint density at radius 3 is 2.64 bits per heavy atom. The minimum atomic E-state index is -3.05. The van der Waals surface area contributed by atoms with E-state index in [1.807, 2.05) is 0 Å². The molecule has 3 rings (SSSR count). The standard InChI is InChI=1S/C19H18F4N2O3/c1-27-16-5-2-11(8-17(16)28-19(22)23)18(26)24-13-6-7-25(10-13)15-4-3-12(20)9-14(15)21/h2-5,8-9,13,19H,6-7,10H2,1H3,(H,24,26). The van der Waals surface area contributed by atoms with Crippen molar-refractivity contribution in [2.24, 2.45) is 0 Å². The van der Waals surface area contributed by atoms with Gasteiger partial charge in [-0.2, -0.15) is 8.78 Å². The lowest BCUT2D eigenvalue weighted by atomic mass is 10.1. The summed E-state index contributed by atoms with van der Waals surface area (Å²) in [7, 11) is 1.30. The normalized spacial score (nSPS) is 16.4. The Labute approximate surface area is 158 Å². The molecule has 1 aliphatic rings. The van der Waals surface area contributed by atoms with Crippen LogP contribution in [0.3, 0.4) is 0 Å². The number of nitrogens with one attached hydrogen (secondary N) is 1. The number of ether oxygens (including phenoxy) is 2. The summed E-state index contributed by atoms with van der Waals surface area (Å²) in [5, 5.41) is 2.78. The number of benzene rings is 2. The van der Waals surface area contributed by atoms with E-state index in [9.17, 15) is 22.4 Å². The number of carbonyl (C=O) groups is 1. The molecule has 1 fully saturated rings. The van der Waals surface area contributed by atoms with E-state index < -0.39 is 24.2 Å². The summed E-state index contributed by atoms with van der Waals surface area (Å²) in [6.45, 7) is -2.23. The van der Waals surface area contributed by atoms with Crippen LogP contribution in [0.4, 0.5) is 23.2 Å². The largest absolute Gasteiger partial charge is 0.493 e. The number of hydrogen-bond donors (Lipinski definition) is 1. The molecule has 2 aromatic rings. The zero-order valence-corrected chi connectivity index (χ0v) is 14.9. The number of rotatable bonds is 6. The molecular formula is C19H18F4N2O3. The van der Waals surface area contributed by atoms with Gasteiger partial charge in [0.25, 0.3) is 5.91 Å². The average molecular weight is 398 g/mol. The van der Waals surface area contributed by atoms with Crippen LogP contribution in [-0.2, 0) is 0 Å². The topological polar surface area (TPSA) is 50.8 Å². The van der Waals surface area contributed by atoms with Gasteiger partial charge in [0.2, 0.25) is 0 Å². The number of hydrogen-bond acceptors (Lipinski definition) is 4. The minimum absolute atomic E-state index is 0.0793. The lowest BCUT2D eigenvalue weighted by molar-refractivity contribution is -0.0512. The minimum Gasteiger partial charge on any atom is -0.493 e. The van der Waals surface area contributed by atoms with Gasteiger partial charge in [-0.1, -0.05) is 0 Å². The molecule has 1 unspecified atom stereocenters. The van der Waals surface area contributed by atoms with Crippen LogP contribution in [0.5, 0.6) is 11.5 Å². The summed E-state index contributed by atoms with van der Waals surface area (Å²) < 4.78 is 61.3. The Morgan fingerprint density at radius 1 is 1.18 bits per heavy atom. The maximum Gasteiger partial charge on any atom is 0.387 e. The van der Waals surface area contributed by atoms with Crippen molar-refractivity contribution in [3.05, 3.63) is 53.6 Å². The van der Waals surface area contributed by atoms with Gasteiger partial charge in [-0.05, 0) is 36.8 Å². The molecule has 0 bridgehead atoms. The van der Waals surface area contributed by atoms with Crippen molar-refractivity contribution in [1.82, 2.24) is 5.32 Å². The van der Waals surface area contributed by atoms with Crippen molar-refractivity contribution in [3.8, 4) is 11.5 Å². The first-order valence-corrected chi connectivity index (χ1v) is 8.51. The highest BCUT2D eigenvalue weighted by Crippen LogP contribution is 2.30. The zero-order valence-electron chi connectivity index (χ0n) is 14.9. The summed E-state index contributed by atoms with van der Waals surface area (Å²) in [6.07, 6.45) is 0.555. The smallest absolute Gasteiger partial charge is 0.387 e. The van der Waals surface area contributed by atoms with Gasteiger partial charge in [0.1, 0.15) is 11.6 Å². The fourth-order valence-electron chi connectivity index (χ4n) is 3.11. The number of nitrogens with zero attached hydrogens (tertiary/aromatic N) is 1. The SMILES string of the molecule is COc1ccc(C(=O)NC2CCN(c3ccc(F)cc3F)C2)cc1OC(F)F. The Kier molecular flexibility index (Phi) is 5.91. The molecule has 9 heteroatoms. The third kappa shape index (κ3) is 4.47. The fourth-order valence-corrected chi connectivity index (χ4v) is 3.11. The number of alkyl halides is 2. The number of amides is 1. The van der Waals surface area contributed by atoms with Gasteiger partial charge >= 0.3 is 6.61 Å². The van der Waals surface area contributed by atoms with Crippen molar-refractivity contribution < 1.29 is 31.8 Å². The van der Waals surface area contributed by atoms with Gasteiger partial charge in [-0.15, -0.1) is 0 Å². The molecule has 1 amide bonds. The quantitative estimate of drug-likeness (QED) is 0.756. The lowest BCUT2D eigenvalue weighted by Gasteiger charge is -2.20. The molecule has 150 valence electrons. The monoisotopic (exact) mass is 398 g/mol. The second-order valence-electron chi connectivity index (χ2n) is 6.24. The summed E-state index contributed by atoms with van der Waals surface area (Å²) in [6, 6.07) is 7.02. The van der Waals surface area contributed by atoms with E-state index in [0.29, 0.717) is 19.5 Å². The third-order valence-corrected chi connectivity index (χ3v) is 4.42. The summed E-state index contributed by atoms with van der Waals surface area (Å²) in [5.74, 6) is -1.97. The average Bonchev–Trinajstić information content (AvgIpc) is 3.09. The maximum atomic E-state index is 13.9. The highest BCUT2D eigenvalue weighted by molar-refractivity contribution is 5.95. The molecule has 1 saturated heterocycles. The molecule has 2 aromatic carbocycles. The molecule has 0 aromatic heterocycles. The molecular weight excluding hydrogens is 380 g/mol. The van der Waals surface area contributed by atoms with E-state index in [0.717, 1.165) is 6.07 Å². The molecule has 0 aliphatic carbocycles. The van der Waals surface area contributed by atoms with Crippen LogP contribution in [0, 0.1) is 11.6 Å². The van der Waals surface area contributed by atoms with E-state index >= 15 is 0 Å². The number of halogens is 4. The van der Waals surface area contributed by atoms with Gasteiger partial charge in [0, 0.05) is 30.8 Å². The second kappa shape index (κ2) is 8.37. The van der Waals surface area contributed by atoms with E-state index in [4.69, 9.17) is 4.74 Å². The number of methoxy groups -OCH3 is 1. The molecule has 1 atom stereocenters. The van der Waals surface area contributed by atoms with Crippen LogP contribution in [0.15, 0.2) is 36.4 Å². The molecule has 0 radical (unpaired) electrons. The van der Waals surface area contributed by atoms with Crippen molar-refractivity contribution in [2.45, 2.75) is 19.1 Å². The molecule has 0 spiro atoms. The Bertz CT molecular complexity index is 863. The summed E-state index contributed by atoms with van der Waals surface area (Å²) in [4.78, 5) is 14.2. The Morgan fingerprint density at radius 2 is 1.96 bits per heavy atom. The van der Waals surface area contributed by atoms with Gasteiger partial charge < -0.3 is 19.7 Å². The molecule has 1 heterocycles. The zero-order chi connectivity index (χ0) is 20.3. The lowest BCUT2D eigenvalue weighted by Crippen LogP contribution is -2.37. The first-order chi connectivity index (χ1) is 13.4. The highest BCUT2D eigenvalue weighted by Gasteiger charge is 2.26. The highest BCUT2D eigenvalue weighted by atomic mass is 19.3. The van der Waals surface area contributed by atoms with Gasteiger partial charge in [0.05, 0.1) is 12.8 Å². The molecule has 0 saturated carbocycles. The number of anilines is 1. The van der Waals surface area contributed by atoms with Crippen molar-refractivity contribution in [1.29, 1.82) is 0 Å². The predicted octanol–water partition coefficient (Wildman–Crippen LogP) is 3.58. The van der Waals surface area contributed by atoms with E-state index in [-0.39, 0.29) is 28.8 Å². The van der Waals surface area contributed by atoms with Crippen LogP contribution < -0.4 is 19.7 Å². The van der Waals surface area contributed by atoms with Crippen LogP contribution in [0.25, 0.3) is 0 Å². The van der Waals surface area contributed by atoms with Crippen LogP contribution in [0.1, 0.15) is 16.8 Å². The molecule has 1 aliphatic heterocycles. The van der Waals surface area contributed by atoms with Gasteiger partial charge in [0.15, 0.2) is 11.5 Å². The molecule has 28 heavy (non-hydrogen) atoms. The second-order valence-corrected chi connectivity index (χ2v) is 6.24. The Hall–Kier alpha value is -2.97. The van der Waals surface area contributed by atoms with Crippen LogP contribution in [0.2, 0.25) is 0 Å². The van der Waals surface area contributed by atoms with E-state index in [1.54, 1.807) is 4.90 Å². The molecule has 1 N–H and O–H groups in total. The first-order valence-electron chi connectivity index (χ1n) is 8.51. The first kappa shape index (κ1) is 19.8. The predicted molar refractivity (Wildman–Crippen MR) is 94.1 cm³/mol. The number of carbonyl (C=O) groups excluding carboxylic acids is 1. The maximum absolute atomic E-state index is 13.9. The summed E-state index contributed by atoms with van der Waals surface area (Å²) in [5.41, 5.74) is 0.387. The summed E-state index contributed by atoms with van der Waals surface area (Å²) >= 11 is 0. The van der Waals surface area contributed by atoms with E-state index in [1.165, 1.54) is 37.4 Å². The van der Waals surface area contributed by atoms with Crippen molar-refractivity contribution in [3.63, 3.8) is 0 Å². The van der Waals surface area contributed by atoms with Crippen molar-refractivity contribution in [2.75, 3.05) is 25.1 Å². The Balaban J connectivity index is 1.67. The van der Waals surface area contributed by atoms with Crippen LogP contribution in [-0.4, -0.2) is 38.8 Å². The van der Waals surface area contributed by atoms with Gasteiger partial charge in [-0.25, -0.2) is 8.78 Å².